The number of aromatic hydroxyl groups is 1. The lowest BCUT2D eigenvalue weighted by Crippen LogP contribution is -2.30. The predicted octanol–water partition coefficient (Wildman–Crippen LogP) is 2.77. The van der Waals surface area contributed by atoms with Crippen molar-refractivity contribution >= 4 is 11.7 Å². The van der Waals surface area contributed by atoms with Gasteiger partial charge in [0.15, 0.2) is 0 Å². The molecule has 0 fully saturated rings. The highest BCUT2D eigenvalue weighted by Gasteiger charge is 2.04. The largest absolute Gasteiger partial charge is 0.506 e. The number of rotatable bonds is 5. The summed E-state index contributed by atoms with van der Waals surface area (Å²) in [5.74, 6) is 0.854. The number of benzene rings is 2. The van der Waals surface area contributed by atoms with Gasteiger partial charge in [0, 0.05) is 6.54 Å². The summed E-state index contributed by atoms with van der Waals surface area (Å²) >= 11 is 0. The second-order valence-electron chi connectivity index (χ2n) is 4.50. The smallest absolute Gasteiger partial charge is 0.319 e. The first-order chi connectivity index (χ1) is 10.2. The molecule has 2 aromatic rings. The summed E-state index contributed by atoms with van der Waals surface area (Å²) in [6.07, 6.45) is 0.720. The zero-order valence-electron chi connectivity index (χ0n) is 11.8. The number of hydrogen-bond acceptors (Lipinski definition) is 3. The lowest BCUT2D eigenvalue weighted by Gasteiger charge is -2.09. The molecule has 2 rings (SSSR count). The molecular formula is C16H18N2O3. The number of carbonyl (C=O) groups is 1. The van der Waals surface area contributed by atoms with E-state index in [0.717, 1.165) is 17.7 Å². The average molecular weight is 286 g/mol. The normalized spacial score (nSPS) is 9.95. The average Bonchev–Trinajstić information content (AvgIpc) is 2.50. The number of urea groups is 1. The van der Waals surface area contributed by atoms with Crippen LogP contribution in [0.4, 0.5) is 10.5 Å². The molecule has 21 heavy (non-hydrogen) atoms. The van der Waals surface area contributed by atoms with Crippen LogP contribution in [-0.2, 0) is 6.42 Å². The number of phenols is 1. The van der Waals surface area contributed by atoms with E-state index < -0.39 is 0 Å². The molecular weight excluding hydrogens is 268 g/mol. The van der Waals surface area contributed by atoms with Crippen LogP contribution in [0, 0.1) is 0 Å². The van der Waals surface area contributed by atoms with E-state index in [-0.39, 0.29) is 11.8 Å². The van der Waals surface area contributed by atoms with Crippen LogP contribution >= 0.6 is 0 Å². The summed E-state index contributed by atoms with van der Waals surface area (Å²) in [5, 5.41) is 14.9. The minimum Gasteiger partial charge on any atom is -0.506 e. The molecule has 2 amide bonds. The Hall–Kier alpha value is -2.69. The van der Waals surface area contributed by atoms with Gasteiger partial charge in [-0.25, -0.2) is 4.79 Å². The van der Waals surface area contributed by atoms with Crippen molar-refractivity contribution in [2.24, 2.45) is 0 Å². The Morgan fingerprint density at radius 2 is 1.86 bits per heavy atom. The SMILES string of the molecule is COc1ccc(CCNC(=O)Nc2ccccc2O)cc1. The van der Waals surface area contributed by atoms with Crippen molar-refractivity contribution in [3.05, 3.63) is 54.1 Å². The summed E-state index contributed by atoms with van der Waals surface area (Å²) in [7, 11) is 1.62. The minimum atomic E-state index is -0.343. The van der Waals surface area contributed by atoms with Gasteiger partial charge in [-0.15, -0.1) is 0 Å². The topological polar surface area (TPSA) is 70.6 Å². The van der Waals surface area contributed by atoms with Crippen LogP contribution in [0.25, 0.3) is 0 Å². The van der Waals surface area contributed by atoms with Gasteiger partial charge in [0.1, 0.15) is 11.5 Å². The lowest BCUT2D eigenvalue weighted by atomic mass is 10.1. The number of methoxy groups -OCH3 is 1. The van der Waals surface area contributed by atoms with E-state index in [1.165, 1.54) is 6.07 Å². The first-order valence-corrected chi connectivity index (χ1v) is 6.65. The van der Waals surface area contributed by atoms with Crippen molar-refractivity contribution in [1.29, 1.82) is 0 Å². The number of phenolic OH excluding ortho intramolecular Hbond substituents is 1. The highest BCUT2D eigenvalue weighted by molar-refractivity contribution is 5.90. The van der Waals surface area contributed by atoms with Crippen LogP contribution in [0.5, 0.6) is 11.5 Å². The molecule has 0 radical (unpaired) electrons. The monoisotopic (exact) mass is 286 g/mol. The molecule has 0 unspecified atom stereocenters. The molecule has 0 saturated carbocycles. The minimum absolute atomic E-state index is 0.0443. The molecule has 0 spiro atoms. The number of amides is 2. The van der Waals surface area contributed by atoms with E-state index in [2.05, 4.69) is 10.6 Å². The van der Waals surface area contributed by atoms with Crippen LogP contribution in [0.3, 0.4) is 0 Å². The fourth-order valence-electron chi connectivity index (χ4n) is 1.86. The van der Waals surface area contributed by atoms with Gasteiger partial charge in [0.05, 0.1) is 12.8 Å². The van der Waals surface area contributed by atoms with Gasteiger partial charge in [0.2, 0.25) is 0 Å². The van der Waals surface area contributed by atoms with Crippen LogP contribution in [-0.4, -0.2) is 24.8 Å². The molecule has 5 heteroatoms. The summed E-state index contributed by atoms with van der Waals surface area (Å²) < 4.78 is 5.09. The Balaban J connectivity index is 1.77. The van der Waals surface area contributed by atoms with Crippen LogP contribution in [0.1, 0.15) is 5.56 Å². The zero-order valence-corrected chi connectivity index (χ0v) is 11.8. The van der Waals surface area contributed by atoms with Crippen molar-refractivity contribution in [3.8, 4) is 11.5 Å². The highest BCUT2D eigenvalue weighted by Crippen LogP contribution is 2.21. The molecule has 0 aliphatic carbocycles. The summed E-state index contributed by atoms with van der Waals surface area (Å²) in [6, 6.07) is 13.9. The van der Waals surface area contributed by atoms with E-state index in [4.69, 9.17) is 4.74 Å². The van der Waals surface area contributed by atoms with Gasteiger partial charge >= 0.3 is 6.03 Å². The molecule has 110 valence electrons. The lowest BCUT2D eigenvalue weighted by molar-refractivity contribution is 0.252. The molecule has 0 atom stereocenters. The van der Waals surface area contributed by atoms with Gasteiger partial charge in [-0.2, -0.15) is 0 Å². The fraction of sp³-hybridized carbons (Fsp3) is 0.188. The van der Waals surface area contributed by atoms with E-state index in [0.29, 0.717) is 12.2 Å². The second-order valence-corrected chi connectivity index (χ2v) is 4.50. The van der Waals surface area contributed by atoms with Crippen LogP contribution in [0.15, 0.2) is 48.5 Å². The van der Waals surface area contributed by atoms with Gasteiger partial charge in [0.25, 0.3) is 0 Å². The molecule has 2 aromatic carbocycles. The Morgan fingerprint density at radius 3 is 2.52 bits per heavy atom. The van der Waals surface area contributed by atoms with Crippen molar-refractivity contribution in [2.45, 2.75) is 6.42 Å². The molecule has 0 heterocycles. The molecule has 0 saturated heterocycles. The maximum atomic E-state index is 11.7. The highest BCUT2D eigenvalue weighted by atomic mass is 16.5. The number of carbonyl (C=O) groups excluding carboxylic acids is 1. The molecule has 0 aliphatic heterocycles. The Labute approximate surface area is 123 Å². The number of para-hydroxylation sites is 2. The van der Waals surface area contributed by atoms with Crippen LogP contribution in [0.2, 0.25) is 0 Å². The number of hydrogen-bond donors (Lipinski definition) is 3. The van der Waals surface area contributed by atoms with Gasteiger partial charge < -0.3 is 20.5 Å². The first kappa shape index (κ1) is 14.7. The maximum absolute atomic E-state index is 11.7. The van der Waals surface area contributed by atoms with Gasteiger partial charge in [-0.1, -0.05) is 24.3 Å². The fourth-order valence-corrected chi connectivity index (χ4v) is 1.86. The Bertz CT molecular complexity index is 597. The van der Waals surface area contributed by atoms with Crippen molar-refractivity contribution in [2.75, 3.05) is 19.0 Å². The van der Waals surface area contributed by atoms with Crippen LogP contribution < -0.4 is 15.4 Å². The number of nitrogens with one attached hydrogen (secondary N) is 2. The molecule has 3 N–H and O–H groups in total. The third kappa shape index (κ3) is 4.42. The Morgan fingerprint density at radius 1 is 1.14 bits per heavy atom. The quantitative estimate of drug-likeness (QED) is 0.740. The number of anilines is 1. The van der Waals surface area contributed by atoms with Gasteiger partial charge in [-0.3, -0.25) is 0 Å². The molecule has 0 bridgehead atoms. The predicted molar refractivity (Wildman–Crippen MR) is 81.8 cm³/mol. The Kier molecular flexibility index (Phi) is 5.04. The third-order valence-corrected chi connectivity index (χ3v) is 3.01. The van der Waals surface area contributed by atoms with E-state index in [9.17, 15) is 9.90 Å². The molecule has 0 aromatic heterocycles. The summed E-state index contributed by atoms with van der Waals surface area (Å²) in [4.78, 5) is 11.7. The zero-order chi connectivity index (χ0) is 15.1. The van der Waals surface area contributed by atoms with Crippen molar-refractivity contribution in [3.63, 3.8) is 0 Å². The number of ether oxygens (including phenoxy) is 1. The molecule has 0 aliphatic rings. The van der Waals surface area contributed by atoms with Crippen molar-refractivity contribution < 1.29 is 14.6 Å². The first-order valence-electron chi connectivity index (χ1n) is 6.65. The maximum Gasteiger partial charge on any atom is 0.319 e. The second kappa shape index (κ2) is 7.19. The summed E-state index contributed by atoms with van der Waals surface area (Å²) in [6.45, 7) is 0.506. The van der Waals surface area contributed by atoms with Crippen molar-refractivity contribution in [1.82, 2.24) is 5.32 Å². The summed E-state index contributed by atoms with van der Waals surface area (Å²) in [5.41, 5.74) is 1.50. The third-order valence-electron chi connectivity index (χ3n) is 3.01. The van der Waals surface area contributed by atoms with E-state index >= 15 is 0 Å². The standard InChI is InChI=1S/C16H18N2O3/c1-21-13-8-6-12(7-9-13)10-11-17-16(20)18-14-4-2-3-5-15(14)19/h2-9,19H,10-11H2,1H3,(H2,17,18,20). The molecule has 5 nitrogen and oxygen atoms in total. The van der Waals surface area contributed by atoms with E-state index in [1.807, 2.05) is 24.3 Å². The van der Waals surface area contributed by atoms with Gasteiger partial charge in [-0.05, 0) is 36.2 Å². The van der Waals surface area contributed by atoms with E-state index in [1.54, 1.807) is 25.3 Å².